The van der Waals surface area contributed by atoms with Crippen LogP contribution >= 0.6 is 0 Å². The van der Waals surface area contributed by atoms with Crippen molar-refractivity contribution in [3.8, 4) is 0 Å². The van der Waals surface area contributed by atoms with Gasteiger partial charge in [-0.1, -0.05) is 0 Å². The minimum absolute atomic E-state index is 0.498. The molecular formula is C8H16FN. The average molecular weight is 145 g/mol. The molecule has 1 saturated carbocycles. The molecule has 0 amide bonds. The molecule has 1 aliphatic rings. The van der Waals surface area contributed by atoms with Gasteiger partial charge >= 0.3 is 0 Å². The van der Waals surface area contributed by atoms with Gasteiger partial charge in [-0.05, 0) is 45.2 Å². The van der Waals surface area contributed by atoms with Crippen LogP contribution in [-0.4, -0.2) is 19.8 Å². The molecule has 0 saturated heterocycles. The zero-order valence-corrected chi connectivity index (χ0v) is 6.57. The standard InChI is InChI=1S/C8H16FN/c1-10-5-4-7-2-3-8(9)6-7/h7-8,10H,2-6H2,1H3. The number of halogens is 1. The van der Waals surface area contributed by atoms with E-state index >= 15 is 0 Å². The van der Waals surface area contributed by atoms with E-state index in [0.29, 0.717) is 5.92 Å². The highest BCUT2D eigenvalue weighted by Crippen LogP contribution is 2.29. The fourth-order valence-corrected chi connectivity index (χ4v) is 1.62. The van der Waals surface area contributed by atoms with Crippen LogP contribution in [-0.2, 0) is 0 Å². The predicted octanol–water partition coefficient (Wildman–Crippen LogP) is 1.73. The van der Waals surface area contributed by atoms with Gasteiger partial charge in [0.25, 0.3) is 0 Å². The lowest BCUT2D eigenvalue weighted by Crippen LogP contribution is -2.11. The quantitative estimate of drug-likeness (QED) is 0.637. The Labute approximate surface area is 62.0 Å². The monoisotopic (exact) mass is 145 g/mol. The number of rotatable bonds is 3. The molecule has 0 bridgehead atoms. The fourth-order valence-electron chi connectivity index (χ4n) is 1.62. The lowest BCUT2D eigenvalue weighted by molar-refractivity contribution is 0.327. The minimum Gasteiger partial charge on any atom is -0.320 e. The Hall–Kier alpha value is -0.110. The molecular weight excluding hydrogens is 129 g/mol. The Morgan fingerprint density at radius 2 is 2.30 bits per heavy atom. The van der Waals surface area contributed by atoms with Crippen molar-refractivity contribution in [1.29, 1.82) is 0 Å². The van der Waals surface area contributed by atoms with Crippen LogP contribution in [0.1, 0.15) is 25.7 Å². The highest BCUT2D eigenvalue weighted by molar-refractivity contribution is 4.75. The SMILES string of the molecule is CNCCC1CCC(F)C1. The lowest BCUT2D eigenvalue weighted by Gasteiger charge is -2.06. The number of nitrogens with one attached hydrogen (secondary N) is 1. The van der Waals surface area contributed by atoms with Crippen molar-refractivity contribution in [3.63, 3.8) is 0 Å². The second-order valence-corrected chi connectivity index (χ2v) is 3.17. The van der Waals surface area contributed by atoms with Gasteiger partial charge < -0.3 is 5.32 Å². The van der Waals surface area contributed by atoms with Crippen molar-refractivity contribution in [2.75, 3.05) is 13.6 Å². The van der Waals surface area contributed by atoms with Gasteiger partial charge in [0, 0.05) is 0 Å². The van der Waals surface area contributed by atoms with Crippen LogP contribution in [0.3, 0.4) is 0 Å². The summed E-state index contributed by atoms with van der Waals surface area (Å²) in [5.41, 5.74) is 0. The first-order chi connectivity index (χ1) is 4.83. The molecule has 10 heavy (non-hydrogen) atoms. The van der Waals surface area contributed by atoms with Gasteiger partial charge in [-0.3, -0.25) is 0 Å². The maximum atomic E-state index is 12.6. The summed E-state index contributed by atoms with van der Waals surface area (Å²) >= 11 is 0. The molecule has 2 atom stereocenters. The molecule has 2 heteroatoms. The van der Waals surface area contributed by atoms with E-state index < -0.39 is 6.17 Å². The third kappa shape index (κ3) is 2.25. The Morgan fingerprint density at radius 1 is 1.50 bits per heavy atom. The predicted molar refractivity (Wildman–Crippen MR) is 40.8 cm³/mol. The smallest absolute Gasteiger partial charge is 0.100 e. The Balaban J connectivity index is 2.06. The van der Waals surface area contributed by atoms with Gasteiger partial charge in [-0.25, -0.2) is 4.39 Å². The van der Waals surface area contributed by atoms with E-state index in [2.05, 4.69) is 5.32 Å². The third-order valence-electron chi connectivity index (χ3n) is 2.28. The molecule has 0 spiro atoms. The molecule has 0 aromatic carbocycles. The van der Waals surface area contributed by atoms with Crippen molar-refractivity contribution >= 4 is 0 Å². The van der Waals surface area contributed by atoms with Crippen molar-refractivity contribution in [2.24, 2.45) is 5.92 Å². The van der Waals surface area contributed by atoms with Crippen LogP contribution in [0.15, 0.2) is 0 Å². The van der Waals surface area contributed by atoms with Crippen LogP contribution in [0.2, 0.25) is 0 Å². The van der Waals surface area contributed by atoms with Crippen LogP contribution in [0, 0.1) is 5.92 Å². The molecule has 0 aromatic rings. The number of alkyl halides is 1. The molecule has 1 nitrogen and oxygen atoms in total. The van der Waals surface area contributed by atoms with E-state index in [9.17, 15) is 4.39 Å². The van der Waals surface area contributed by atoms with E-state index in [1.165, 1.54) is 0 Å². The van der Waals surface area contributed by atoms with Gasteiger partial charge in [-0.2, -0.15) is 0 Å². The van der Waals surface area contributed by atoms with Crippen LogP contribution in [0.4, 0.5) is 4.39 Å². The van der Waals surface area contributed by atoms with E-state index in [1.54, 1.807) is 0 Å². The zero-order valence-electron chi connectivity index (χ0n) is 6.57. The summed E-state index contributed by atoms with van der Waals surface area (Å²) in [6.45, 7) is 1.04. The highest BCUT2D eigenvalue weighted by atomic mass is 19.1. The van der Waals surface area contributed by atoms with E-state index in [4.69, 9.17) is 0 Å². The second kappa shape index (κ2) is 3.91. The van der Waals surface area contributed by atoms with Gasteiger partial charge in [0.15, 0.2) is 0 Å². The van der Waals surface area contributed by atoms with Crippen molar-refractivity contribution in [2.45, 2.75) is 31.9 Å². The third-order valence-corrected chi connectivity index (χ3v) is 2.28. The van der Waals surface area contributed by atoms with Gasteiger partial charge in [-0.15, -0.1) is 0 Å². The summed E-state index contributed by atoms with van der Waals surface area (Å²) in [6, 6.07) is 0. The topological polar surface area (TPSA) is 12.0 Å². The molecule has 1 N–H and O–H groups in total. The molecule has 0 heterocycles. The molecule has 1 fully saturated rings. The first-order valence-electron chi connectivity index (χ1n) is 4.11. The van der Waals surface area contributed by atoms with Crippen LogP contribution in [0.25, 0.3) is 0 Å². The van der Waals surface area contributed by atoms with Crippen molar-refractivity contribution in [3.05, 3.63) is 0 Å². The van der Waals surface area contributed by atoms with Crippen LogP contribution < -0.4 is 5.32 Å². The number of hydrogen-bond donors (Lipinski definition) is 1. The zero-order chi connectivity index (χ0) is 7.40. The molecule has 60 valence electrons. The summed E-state index contributed by atoms with van der Waals surface area (Å²) in [6.07, 6.45) is 3.36. The van der Waals surface area contributed by atoms with Gasteiger partial charge in [0.05, 0.1) is 0 Å². The molecule has 2 unspecified atom stereocenters. The normalized spacial score (nSPS) is 33.0. The molecule has 0 aliphatic heterocycles. The molecule has 1 rings (SSSR count). The average Bonchev–Trinajstić information content (AvgIpc) is 2.31. The highest BCUT2D eigenvalue weighted by Gasteiger charge is 2.23. The first kappa shape index (κ1) is 7.99. The Kier molecular flexibility index (Phi) is 3.13. The Bertz CT molecular complexity index is 95.3. The first-order valence-corrected chi connectivity index (χ1v) is 4.11. The summed E-state index contributed by atoms with van der Waals surface area (Å²) in [5, 5.41) is 3.09. The molecule has 0 aromatic heterocycles. The largest absolute Gasteiger partial charge is 0.320 e. The second-order valence-electron chi connectivity index (χ2n) is 3.17. The summed E-state index contributed by atoms with van der Waals surface area (Å²) in [4.78, 5) is 0. The van der Waals surface area contributed by atoms with Crippen LogP contribution in [0.5, 0.6) is 0 Å². The number of hydrogen-bond acceptors (Lipinski definition) is 1. The van der Waals surface area contributed by atoms with Gasteiger partial charge in [0.1, 0.15) is 6.17 Å². The maximum absolute atomic E-state index is 12.6. The summed E-state index contributed by atoms with van der Waals surface area (Å²) in [5.74, 6) is 0.655. The Morgan fingerprint density at radius 3 is 2.80 bits per heavy atom. The summed E-state index contributed by atoms with van der Waals surface area (Å²) < 4.78 is 12.6. The van der Waals surface area contributed by atoms with Gasteiger partial charge in [0.2, 0.25) is 0 Å². The lowest BCUT2D eigenvalue weighted by atomic mass is 10.0. The van der Waals surface area contributed by atoms with Crippen molar-refractivity contribution < 1.29 is 4.39 Å². The molecule has 1 aliphatic carbocycles. The molecule has 0 radical (unpaired) electrons. The van der Waals surface area contributed by atoms with E-state index in [-0.39, 0.29) is 0 Å². The van der Waals surface area contributed by atoms with E-state index in [0.717, 1.165) is 32.2 Å². The minimum atomic E-state index is -0.498. The van der Waals surface area contributed by atoms with E-state index in [1.807, 2.05) is 7.05 Å². The maximum Gasteiger partial charge on any atom is 0.100 e. The summed E-state index contributed by atoms with van der Waals surface area (Å²) in [7, 11) is 1.95. The fraction of sp³-hybridized carbons (Fsp3) is 1.00. The van der Waals surface area contributed by atoms with Crippen molar-refractivity contribution in [1.82, 2.24) is 5.32 Å².